The second-order valence-corrected chi connectivity index (χ2v) is 9.11. The molecule has 35 heavy (non-hydrogen) atoms. The second kappa shape index (κ2) is 10.6. The molecule has 1 aliphatic heterocycles. The first-order valence-corrected chi connectivity index (χ1v) is 11.7. The highest BCUT2D eigenvalue weighted by atomic mass is 35.5. The van der Waals surface area contributed by atoms with Crippen LogP contribution in [0.15, 0.2) is 65.4 Å². The molecule has 0 spiro atoms. The molecule has 0 fully saturated rings. The fourth-order valence-electron chi connectivity index (χ4n) is 4.10. The largest absolute Gasteiger partial charge is 0.481 e. The molecule has 0 aliphatic carbocycles. The molecule has 1 atom stereocenters. The Morgan fingerprint density at radius 1 is 0.943 bits per heavy atom. The maximum atomic E-state index is 7.01. The number of hydrogen-bond acceptors (Lipinski definition) is 7. The molecule has 2 aromatic carbocycles. The maximum Gasteiger partial charge on any atom is 0.232 e. The third-order valence-electron chi connectivity index (χ3n) is 5.75. The van der Waals surface area contributed by atoms with Gasteiger partial charge in [0.1, 0.15) is 5.70 Å². The second-order valence-electron chi connectivity index (χ2n) is 8.35. The molecule has 7 nitrogen and oxygen atoms in total. The van der Waals surface area contributed by atoms with E-state index >= 15 is 0 Å². The van der Waals surface area contributed by atoms with E-state index in [1.807, 2.05) is 68.7 Å². The van der Waals surface area contributed by atoms with Crippen LogP contribution in [-0.4, -0.2) is 67.9 Å². The van der Waals surface area contributed by atoms with Crippen molar-refractivity contribution in [3.63, 3.8) is 0 Å². The van der Waals surface area contributed by atoms with E-state index in [1.165, 1.54) is 0 Å². The van der Waals surface area contributed by atoms with Gasteiger partial charge in [0, 0.05) is 36.5 Å². The highest BCUT2D eigenvalue weighted by Gasteiger charge is 2.28. The maximum absolute atomic E-state index is 7.01. The molecule has 1 unspecified atom stereocenters. The van der Waals surface area contributed by atoms with Gasteiger partial charge in [0.05, 0.1) is 48.4 Å². The van der Waals surface area contributed by atoms with E-state index in [2.05, 4.69) is 14.9 Å². The number of aliphatic imine (C=N–C) groups is 1. The predicted molar refractivity (Wildman–Crippen MR) is 141 cm³/mol. The van der Waals surface area contributed by atoms with E-state index in [1.54, 1.807) is 26.6 Å². The Bertz CT molecular complexity index is 1290. The zero-order chi connectivity index (χ0) is 25.1. The van der Waals surface area contributed by atoms with Crippen molar-refractivity contribution < 1.29 is 9.47 Å². The predicted octanol–water partition coefficient (Wildman–Crippen LogP) is 5.56. The van der Waals surface area contributed by atoms with Crippen molar-refractivity contribution in [1.29, 1.82) is 0 Å². The van der Waals surface area contributed by atoms with Gasteiger partial charge < -0.3 is 19.3 Å². The molecule has 0 saturated carbocycles. The number of aromatic nitrogens is 2. The van der Waals surface area contributed by atoms with Gasteiger partial charge in [0.15, 0.2) is 0 Å². The van der Waals surface area contributed by atoms with Crippen LogP contribution >= 0.6 is 23.2 Å². The molecular formula is C26H27Cl2N5O2. The van der Waals surface area contributed by atoms with Crippen LogP contribution in [0.4, 0.5) is 0 Å². The van der Waals surface area contributed by atoms with Crippen LogP contribution in [0.1, 0.15) is 11.6 Å². The Labute approximate surface area is 215 Å². The fourth-order valence-corrected chi connectivity index (χ4v) is 4.77. The number of rotatable bonds is 7. The quantitative estimate of drug-likeness (QED) is 0.413. The summed E-state index contributed by atoms with van der Waals surface area (Å²) in [4.78, 5) is 17.5. The number of nitrogens with zero attached hydrogens (tertiary/aromatic N) is 5. The zero-order valence-electron chi connectivity index (χ0n) is 20.3. The van der Waals surface area contributed by atoms with Crippen molar-refractivity contribution in [2.75, 3.05) is 41.9 Å². The van der Waals surface area contributed by atoms with E-state index in [9.17, 15) is 0 Å². The Balaban J connectivity index is 1.75. The van der Waals surface area contributed by atoms with E-state index in [4.69, 9.17) is 37.7 Å². The minimum Gasteiger partial charge on any atom is -0.481 e. The molecule has 0 radical (unpaired) electrons. The van der Waals surface area contributed by atoms with Gasteiger partial charge in [-0.15, -0.1) is 0 Å². The summed E-state index contributed by atoms with van der Waals surface area (Å²) in [6, 6.07) is 11.5. The van der Waals surface area contributed by atoms with Crippen LogP contribution in [0, 0.1) is 0 Å². The number of likely N-dealkylation sites (N-methyl/N-ethyl adjacent to an activating group) is 1. The van der Waals surface area contributed by atoms with Gasteiger partial charge in [-0.3, -0.25) is 9.98 Å². The summed E-state index contributed by atoms with van der Waals surface area (Å²) in [5.41, 5.74) is 4.73. The first-order chi connectivity index (χ1) is 16.8. The SMILES string of the molecule is COC1=C(CN(C)C)N=CC(c2cccc(-c3cccc(-c4cncc(OC)n4)c3Cl)c2Cl)N1C. The normalized spacial score (nSPS) is 15.7. The number of benzene rings is 2. The third kappa shape index (κ3) is 4.98. The molecule has 4 rings (SSSR count). The van der Waals surface area contributed by atoms with Gasteiger partial charge in [-0.25, -0.2) is 4.98 Å². The van der Waals surface area contributed by atoms with Crippen molar-refractivity contribution in [3.05, 3.63) is 76.0 Å². The lowest BCUT2D eigenvalue weighted by Gasteiger charge is -2.33. The van der Waals surface area contributed by atoms with Crippen molar-refractivity contribution in [1.82, 2.24) is 19.8 Å². The van der Waals surface area contributed by atoms with Crippen LogP contribution in [-0.2, 0) is 4.74 Å². The Hall–Kier alpha value is -3.13. The lowest BCUT2D eigenvalue weighted by Crippen LogP contribution is -2.32. The molecule has 9 heteroatoms. The van der Waals surface area contributed by atoms with E-state index in [0.717, 1.165) is 28.0 Å². The Morgan fingerprint density at radius 3 is 2.31 bits per heavy atom. The molecule has 182 valence electrons. The molecule has 1 aromatic heterocycles. The summed E-state index contributed by atoms with van der Waals surface area (Å²) in [5.74, 6) is 1.13. The van der Waals surface area contributed by atoms with Crippen molar-refractivity contribution in [2.24, 2.45) is 4.99 Å². The third-order valence-corrected chi connectivity index (χ3v) is 6.58. The van der Waals surface area contributed by atoms with Crippen LogP contribution in [0.5, 0.6) is 5.88 Å². The van der Waals surface area contributed by atoms with Crippen molar-refractivity contribution in [3.8, 4) is 28.3 Å². The van der Waals surface area contributed by atoms with Gasteiger partial charge in [-0.05, 0) is 19.7 Å². The van der Waals surface area contributed by atoms with Gasteiger partial charge in [-0.2, -0.15) is 0 Å². The first kappa shape index (κ1) is 25.0. The van der Waals surface area contributed by atoms with Crippen LogP contribution in [0.2, 0.25) is 10.0 Å². The lowest BCUT2D eigenvalue weighted by molar-refractivity contribution is 0.150. The van der Waals surface area contributed by atoms with E-state index in [-0.39, 0.29) is 6.04 Å². The Morgan fingerprint density at radius 2 is 1.63 bits per heavy atom. The topological polar surface area (TPSA) is 63.1 Å². The average Bonchev–Trinajstić information content (AvgIpc) is 2.85. The summed E-state index contributed by atoms with van der Waals surface area (Å²) in [7, 11) is 9.18. The number of halogens is 2. The number of ether oxygens (including phenoxy) is 2. The van der Waals surface area contributed by atoms with Gasteiger partial charge in [-0.1, -0.05) is 59.6 Å². The first-order valence-electron chi connectivity index (χ1n) is 11.0. The summed E-state index contributed by atoms with van der Waals surface area (Å²) in [5, 5.41) is 1.13. The molecule has 0 amide bonds. The van der Waals surface area contributed by atoms with Crippen LogP contribution in [0.25, 0.3) is 22.4 Å². The van der Waals surface area contributed by atoms with E-state index < -0.39 is 0 Å². The van der Waals surface area contributed by atoms with E-state index in [0.29, 0.717) is 34.0 Å². The molecule has 2 heterocycles. The fraction of sp³-hybridized carbons (Fsp3) is 0.269. The summed E-state index contributed by atoms with van der Waals surface area (Å²) < 4.78 is 10.9. The van der Waals surface area contributed by atoms with Gasteiger partial charge in [0.25, 0.3) is 0 Å². The van der Waals surface area contributed by atoms with Gasteiger partial charge in [0.2, 0.25) is 11.8 Å². The molecule has 0 saturated heterocycles. The van der Waals surface area contributed by atoms with Crippen molar-refractivity contribution in [2.45, 2.75) is 6.04 Å². The van der Waals surface area contributed by atoms with Crippen molar-refractivity contribution >= 4 is 29.4 Å². The van der Waals surface area contributed by atoms with Crippen LogP contribution in [0.3, 0.4) is 0 Å². The minimum atomic E-state index is -0.200. The number of methoxy groups -OCH3 is 2. The monoisotopic (exact) mass is 511 g/mol. The molecule has 0 bridgehead atoms. The summed E-state index contributed by atoms with van der Waals surface area (Å²) in [6.07, 6.45) is 5.11. The molecule has 1 aliphatic rings. The number of hydrogen-bond donors (Lipinski definition) is 0. The smallest absolute Gasteiger partial charge is 0.232 e. The summed E-state index contributed by atoms with van der Waals surface area (Å²) >= 11 is 13.9. The average molecular weight is 512 g/mol. The van der Waals surface area contributed by atoms with Crippen LogP contribution < -0.4 is 4.74 Å². The summed E-state index contributed by atoms with van der Waals surface area (Å²) in [6.45, 7) is 0.667. The Kier molecular flexibility index (Phi) is 7.60. The standard InChI is InChI=1S/C26H27Cl2N5O2/c1-32(2)15-21-26(35-5)33(3)22(13-30-21)19-11-7-9-17(25(19)28)16-8-6-10-18(24(16)27)20-12-29-14-23(31-20)34-4/h6-14,22H,15H2,1-5H3. The molecule has 0 N–H and O–H groups in total. The lowest BCUT2D eigenvalue weighted by atomic mass is 9.96. The van der Waals surface area contributed by atoms with Gasteiger partial charge >= 0.3 is 0 Å². The minimum absolute atomic E-state index is 0.200. The zero-order valence-corrected chi connectivity index (χ0v) is 21.8. The molecular weight excluding hydrogens is 485 g/mol. The molecule has 3 aromatic rings. The highest BCUT2D eigenvalue weighted by Crippen LogP contribution is 2.42. The highest BCUT2D eigenvalue weighted by molar-refractivity contribution is 6.38.